The Hall–Kier alpha value is -4.19. The molecule has 0 aliphatic carbocycles. The molecule has 0 radical (unpaired) electrons. The third kappa shape index (κ3) is 3.84. The molecule has 0 atom stereocenters. The lowest BCUT2D eigenvalue weighted by molar-refractivity contribution is 0.0953. The third-order valence-corrected chi connectivity index (χ3v) is 4.75. The van der Waals surface area contributed by atoms with Crippen LogP contribution in [0.25, 0.3) is 22.0 Å². The first kappa shape index (κ1) is 19.1. The lowest BCUT2D eigenvalue weighted by Gasteiger charge is -2.08. The second-order valence-corrected chi connectivity index (χ2v) is 6.58. The molecule has 4 aromatic rings. The fourth-order valence-electron chi connectivity index (χ4n) is 3.24. The second-order valence-electron chi connectivity index (χ2n) is 6.58. The van der Waals surface area contributed by atoms with Crippen molar-refractivity contribution in [2.45, 2.75) is 0 Å². The first-order valence-electron chi connectivity index (χ1n) is 9.35. The standard InChI is InChI=1S/C24H19N3O3/c1-30-22-14-11-16-7-5-6-10-18(16)20(22)15-25-27-24(29)19-12-13-21(26-23(19)28)17-8-3-2-4-9-17/h2-15H,1H3,(H,26,28)(H,27,29)/b25-15+. The quantitative estimate of drug-likeness (QED) is 0.395. The number of rotatable bonds is 5. The average molecular weight is 397 g/mol. The van der Waals surface area contributed by atoms with Gasteiger partial charge >= 0.3 is 0 Å². The fourth-order valence-corrected chi connectivity index (χ4v) is 3.24. The molecule has 6 nitrogen and oxygen atoms in total. The molecule has 6 heteroatoms. The first-order valence-corrected chi connectivity index (χ1v) is 9.35. The maximum atomic E-state index is 12.4. The Morgan fingerprint density at radius 3 is 2.50 bits per heavy atom. The maximum Gasteiger partial charge on any atom is 0.276 e. The van der Waals surface area contributed by atoms with Crippen LogP contribution in [0, 0.1) is 0 Å². The zero-order chi connectivity index (χ0) is 20.9. The van der Waals surface area contributed by atoms with Gasteiger partial charge in [0.15, 0.2) is 0 Å². The van der Waals surface area contributed by atoms with E-state index in [1.165, 1.54) is 12.3 Å². The summed E-state index contributed by atoms with van der Waals surface area (Å²) in [6.07, 6.45) is 1.52. The van der Waals surface area contributed by atoms with E-state index in [4.69, 9.17) is 4.74 Å². The zero-order valence-corrected chi connectivity index (χ0v) is 16.3. The molecule has 0 aliphatic rings. The summed E-state index contributed by atoms with van der Waals surface area (Å²) in [6, 6.07) is 24.2. The van der Waals surface area contributed by atoms with Crippen molar-refractivity contribution < 1.29 is 9.53 Å². The van der Waals surface area contributed by atoms with Crippen molar-refractivity contribution >= 4 is 22.9 Å². The van der Waals surface area contributed by atoms with Crippen LogP contribution >= 0.6 is 0 Å². The Balaban J connectivity index is 1.56. The van der Waals surface area contributed by atoms with Crippen LogP contribution in [0.15, 0.2) is 88.8 Å². The van der Waals surface area contributed by atoms with Crippen LogP contribution in [0.1, 0.15) is 15.9 Å². The highest BCUT2D eigenvalue weighted by Gasteiger charge is 2.11. The maximum absolute atomic E-state index is 12.4. The van der Waals surface area contributed by atoms with E-state index >= 15 is 0 Å². The fraction of sp³-hybridized carbons (Fsp3) is 0.0417. The lowest BCUT2D eigenvalue weighted by Crippen LogP contribution is -2.26. The van der Waals surface area contributed by atoms with Crippen LogP contribution in [0.2, 0.25) is 0 Å². The number of benzene rings is 3. The number of aromatic amines is 1. The highest BCUT2D eigenvalue weighted by atomic mass is 16.5. The molecule has 148 valence electrons. The Morgan fingerprint density at radius 1 is 0.967 bits per heavy atom. The van der Waals surface area contributed by atoms with E-state index in [1.54, 1.807) is 13.2 Å². The minimum atomic E-state index is -0.591. The van der Waals surface area contributed by atoms with Crippen LogP contribution in [-0.2, 0) is 0 Å². The molecule has 1 aromatic heterocycles. The predicted octanol–water partition coefficient (Wildman–Crippen LogP) is 3.97. The number of carbonyl (C=O) groups is 1. The molecule has 4 rings (SSSR count). The summed E-state index contributed by atoms with van der Waals surface area (Å²) in [7, 11) is 1.58. The van der Waals surface area contributed by atoms with E-state index < -0.39 is 11.5 Å². The molecule has 0 aliphatic heterocycles. The molecular formula is C24H19N3O3. The minimum Gasteiger partial charge on any atom is -0.496 e. The van der Waals surface area contributed by atoms with Gasteiger partial charge in [0.1, 0.15) is 11.3 Å². The number of hydrogen-bond donors (Lipinski definition) is 2. The SMILES string of the molecule is COc1ccc2ccccc2c1/C=N/NC(=O)c1ccc(-c2ccccc2)[nH]c1=O. The summed E-state index contributed by atoms with van der Waals surface area (Å²) in [5.74, 6) is 0.0445. The van der Waals surface area contributed by atoms with Crippen molar-refractivity contribution in [3.8, 4) is 17.0 Å². The summed E-state index contributed by atoms with van der Waals surface area (Å²) < 4.78 is 5.41. The summed E-state index contributed by atoms with van der Waals surface area (Å²) in [5.41, 5.74) is 4.17. The third-order valence-electron chi connectivity index (χ3n) is 4.75. The molecule has 0 saturated heterocycles. The van der Waals surface area contributed by atoms with Gasteiger partial charge in [-0.3, -0.25) is 9.59 Å². The Kier molecular flexibility index (Phi) is 5.39. The van der Waals surface area contributed by atoms with Crippen LogP contribution in [-0.4, -0.2) is 24.2 Å². The van der Waals surface area contributed by atoms with Crippen LogP contribution < -0.4 is 15.7 Å². The molecule has 0 fully saturated rings. The monoisotopic (exact) mass is 397 g/mol. The van der Waals surface area contributed by atoms with Crippen molar-refractivity contribution in [2.24, 2.45) is 5.10 Å². The highest BCUT2D eigenvalue weighted by molar-refractivity contribution is 6.03. The smallest absolute Gasteiger partial charge is 0.276 e. The number of hydrogen-bond acceptors (Lipinski definition) is 4. The van der Waals surface area contributed by atoms with Gasteiger partial charge in [-0.25, -0.2) is 5.43 Å². The zero-order valence-electron chi connectivity index (χ0n) is 16.3. The van der Waals surface area contributed by atoms with Crippen LogP contribution in [0.5, 0.6) is 5.75 Å². The number of carbonyl (C=O) groups excluding carboxylic acids is 1. The molecule has 0 bridgehead atoms. The van der Waals surface area contributed by atoms with E-state index in [-0.39, 0.29) is 5.56 Å². The molecule has 1 amide bonds. The Bertz CT molecular complexity index is 1290. The van der Waals surface area contributed by atoms with Crippen molar-refractivity contribution in [1.29, 1.82) is 0 Å². The first-order chi connectivity index (χ1) is 14.7. The molecule has 0 saturated carbocycles. The topological polar surface area (TPSA) is 83.5 Å². The number of fused-ring (bicyclic) bond motifs is 1. The molecule has 2 N–H and O–H groups in total. The number of hydrazone groups is 1. The van der Waals surface area contributed by atoms with Crippen LogP contribution in [0.3, 0.4) is 0 Å². The molecule has 1 heterocycles. The highest BCUT2D eigenvalue weighted by Crippen LogP contribution is 2.26. The predicted molar refractivity (Wildman–Crippen MR) is 118 cm³/mol. The van der Waals surface area contributed by atoms with E-state index in [2.05, 4.69) is 15.5 Å². The average Bonchev–Trinajstić information content (AvgIpc) is 2.79. The van der Waals surface area contributed by atoms with Crippen molar-refractivity contribution in [2.75, 3.05) is 7.11 Å². The van der Waals surface area contributed by atoms with Gasteiger partial charge in [-0.2, -0.15) is 5.10 Å². The number of pyridine rings is 1. The number of H-pyrrole nitrogens is 1. The van der Waals surface area contributed by atoms with E-state index in [0.717, 1.165) is 21.9 Å². The van der Waals surface area contributed by atoms with Gasteiger partial charge in [0.25, 0.3) is 11.5 Å². The minimum absolute atomic E-state index is 0.0169. The molecule has 3 aromatic carbocycles. The summed E-state index contributed by atoms with van der Waals surface area (Å²) in [4.78, 5) is 27.6. The van der Waals surface area contributed by atoms with E-state index in [9.17, 15) is 9.59 Å². The Labute approximate surface area is 172 Å². The van der Waals surface area contributed by atoms with Crippen molar-refractivity contribution in [3.63, 3.8) is 0 Å². The molecule has 30 heavy (non-hydrogen) atoms. The second kappa shape index (κ2) is 8.45. The largest absolute Gasteiger partial charge is 0.496 e. The number of nitrogens with one attached hydrogen (secondary N) is 2. The molecule has 0 unspecified atom stereocenters. The van der Waals surface area contributed by atoms with Gasteiger partial charge in [-0.15, -0.1) is 0 Å². The molecular weight excluding hydrogens is 378 g/mol. The van der Waals surface area contributed by atoms with Gasteiger partial charge < -0.3 is 9.72 Å². The van der Waals surface area contributed by atoms with E-state index in [1.807, 2.05) is 66.7 Å². The number of aromatic nitrogens is 1. The number of nitrogens with zero attached hydrogens (tertiary/aromatic N) is 1. The lowest BCUT2D eigenvalue weighted by atomic mass is 10.0. The summed E-state index contributed by atoms with van der Waals surface area (Å²) in [6.45, 7) is 0. The van der Waals surface area contributed by atoms with Gasteiger partial charge in [-0.1, -0.05) is 60.7 Å². The number of methoxy groups -OCH3 is 1. The van der Waals surface area contributed by atoms with Crippen molar-refractivity contribution in [1.82, 2.24) is 10.4 Å². The van der Waals surface area contributed by atoms with Gasteiger partial charge in [0, 0.05) is 11.3 Å². The number of amides is 1. The van der Waals surface area contributed by atoms with Gasteiger partial charge in [0.05, 0.1) is 13.3 Å². The Morgan fingerprint density at radius 2 is 1.73 bits per heavy atom. The van der Waals surface area contributed by atoms with Gasteiger partial charge in [0.2, 0.25) is 0 Å². The summed E-state index contributed by atoms with van der Waals surface area (Å²) in [5, 5.41) is 6.01. The normalized spacial score (nSPS) is 11.0. The summed E-state index contributed by atoms with van der Waals surface area (Å²) >= 11 is 0. The van der Waals surface area contributed by atoms with Crippen LogP contribution in [0.4, 0.5) is 0 Å². The van der Waals surface area contributed by atoms with Gasteiger partial charge in [-0.05, 0) is 34.5 Å². The number of ether oxygens (including phenoxy) is 1. The van der Waals surface area contributed by atoms with Crippen molar-refractivity contribution in [3.05, 3.63) is 100 Å². The molecule has 0 spiro atoms. The van der Waals surface area contributed by atoms with E-state index in [0.29, 0.717) is 11.4 Å².